The van der Waals surface area contributed by atoms with Crippen LogP contribution in [0.2, 0.25) is 0 Å². The molecule has 1 aromatic carbocycles. The first-order valence-electron chi connectivity index (χ1n) is 15.5. The van der Waals surface area contributed by atoms with Gasteiger partial charge in [-0.25, -0.2) is 13.8 Å². The lowest BCUT2D eigenvalue weighted by molar-refractivity contribution is -0.137. The fourth-order valence-electron chi connectivity index (χ4n) is 8.36. The van der Waals surface area contributed by atoms with Gasteiger partial charge in [0, 0.05) is 35.6 Å². The number of ether oxygens (including phenoxy) is 3. The summed E-state index contributed by atoms with van der Waals surface area (Å²) < 4.78 is 93.1. The summed E-state index contributed by atoms with van der Waals surface area (Å²) in [6, 6.07) is 0.784. The Kier molecular flexibility index (Phi) is 6.62. The summed E-state index contributed by atoms with van der Waals surface area (Å²) in [6.07, 6.45) is -2.87. The lowest BCUT2D eigenvalue weighted by Crippen LogP contribution is -2.62. The maximum Gasteiger partial charge on any atom is 0.417 e. The van der Waals surface area contributed by atoms with Crippen LogP contribution in [0.5, 0.6) is 11.9 Å². The van der Waals surface area contributed by atoms with Gasteiger partial charge in [-0.3, -0.25) is 0 Å². The largest absolute Gasteiger partial charge is 0.472 e. The Bertz CT molecular complexity index is 1760. The molecule has 5 aliphatic rings. The Morgan fingerprint density at radius 2 is 1.98 bits per heavy atom. The zero-order chi connectivity index (χ0) is 32.3. The molecule has 2 unspecified atom stereocenters. The number of aromatic nitrogens is 3. The quantitative estimate of drug-likeness (QED) is 0.318. The van der Waals surface area contributed by atoms with Crippen LogP contribution in [-0.2, 0) is 10.9 Å². The van der Waals surface area contributed by atoms with E-state index in [0.29, 0.717) is 25.6 Å². The molecule has 246 valence electrons. The smallest absolute Gasteiger partial charge is 0.417 e. The molecule has 15 heteroatoms. The molecule has 2 aromatic heterocycles. The van der Waals surface area contributed by atoms with Gasteiger partial charge < -0.3 is 35.1 Å². The van der Waals surface area contributed by atoms with Crippen molar-refractivity contribution in [2.24, 2.45) is 5.41 Å². The van der Waals surface area contributed by atoms with Crippen LogP contribution < -0.4 is 25.4 Å². The van der Waals surface area contributed by atoms with E-state index in [0.717, 1.165) is 38.8 Å². The van der Waals surface area contributed by atoms with Crippen LogP contribution in [0.15, 0.2) is 6.07 Å². The third-order valence-corrected chi connectivity index (χ3v) is 10.6. The fourth-order valence-corrected chi connectivity index (χ4v) is 8.36. The molecule has 5 aliphatic heterocycles. The van der Waals surface area contributed by atoms with E-state index in [4.69, 9.17) is 24.9 Å². The van der Waals surface area contributed by atoms with Crippen LogP contribution in [0.1, 0.15) is 37.3 Å². The molecule has 0 radical (unpaired) electrons. The Balaban J connectivity index is 1.33. The fraction of sp³-hybridized carbons (Fsp3) is 0.581. The van der Waals surface area contributed by atoms with Gasteiger partial charge in [-0.1, -0.05) is 0 Å². The van der Waals surface area contributed by atoms with Gasteiger partial charge in [0.15, 0.2) is 5.82 Å². The highest BCUT2D eigenvalue weighted by atomic mass is 19.4. The Morgan fingerprint density at radius 1 is 1.17 bits per heavy atom. The third kappa shape index (κ3) is 4.34. The number of likely N-dealkylation sites (tertiary alicyclic amines) is 1. The van der Waals surface area contributed by atoms with E-state index >= 15 is 4.39 Å². The molecule has 4 fully saturated rings. The van der Waals surface area contributed by atoms with Gasteiger partial charge >= 0.3 is 12.2 Å². The summed E-state index contributed by atoms with van der Waals surface area (Å²) >= 11 is 0. The van der Waals surface area contributed by atoms with Gasteiger partial charge in [-0.2, -0.15) is 23.1 Å². The molecule has 0 saturated carbocycles. The van der Waals surface area contributed by atoms with E-state index in [1.54, 1.807) is 0 Å². The van der Waals surface area contributed by atoms with Crippen molar-refractivity contribution in [3.63, 3.8) is 0 Å². The molecular weight excluding hydrogens is 613 g/mol. The predicted molar refractivity (Wildman–Crippen MR) is 158 cm³/mol. The van der Waals surface area contributed by atoms with Crippen molar-refractivity contribution in [3.05, 3.63) is 28.8 Å². The standard InChI is InChI=1S/C31H34F5N7O3/c1-13-21(31(34,35)36)16(8-17(37)22(13)32)24-23(33)25-20-27(41-29(40-25)45-12-30-6-7-42(3)19(30)10-44-11-30)43-9-15-4-5-18(38-15)26(43)14(2)46-28(20)39-24/h8,14-15,18-19,26,38H,4-7,9-12,37H2,1-3H3/t14-,15+,18-,19?,26+,30?/m0/s1. The minimum atomic E-state index is -5.04. The maximum absolute atomic E-state index is 16.8. The first-order chi connectivity index (χ1) is 21.9. The van der Waals surface area contributed by atoms with Crippen LogP contribution in [0.25, 0.3) is 22.2 Å². The molecule has 0 aliphatic carbocycles. The van der Waals surface area contributed by atoms with Gasteiger partial charge in [0.05, 0.1) is 30.5 Å². The summed E-state index contributed by atoms with van der Waals surface area (Å²) in [6.45, 7) is 5.51. The van der Waals surface area contributed by atoms with Crippen LogP contribution in [-0.4, -0.2) is 90.1 Å². The summed E-state index contributed by atoms with van der Waals surface area (Å²) in [5.74, 6) is -2.13. The van der Waals surface area contributed by atoms with Gasteiger partial charge in [0.2, 0.25) is 5.88 Å². The highest BCUT2D eigenvalue weighted by Gasteiger charge is 2.52. The molecule has 7 heterocycles. The Hall–Kier alpha value is -3.56. The van der Waals surface area contributed by atoms with Gasteiger partial charge in [-0.05, 0) is 58.3 Å². The van der Waals surface area contributed by atoms with E-state index in [9.17, 15) is 17.6 Å². The third-order valence-electron chi connectivity index (χ3n) is 10.6. The van der Waals surface area contributed by atoms with Crippen LogP contribution in [0, 0.1) is 24.0 Å². The molecule has 0 amide bonds. The van der Waals surface area contributed by atoms with E-state index in [1.165, 1.54) is 0 Å². The second kappa shape index (κ2) is 10.2. The van der Waals surface area contributed by atoms with Crippen LogP contribution >= 0.6 is 0 Å². The number of piperazine rings is 1. The van der Waals surface area contributed by atoms with Crippen molar-refractivity contribution in [1.82, 2.24) is 25.2 Å². The van der Waals surface area contributed by atoms with Crippen molar-refractivity contribution in [2.75, 3.05) is 50.6 Å². The molecule has 6 atom stereocenters. The van der Waals surface area contributed by atoms with E-state index in [2.05, 4.69) is 25.1 Å². The number of anilines is 2. The maximum atomic E-state index is 16.8. The molecular formula is C31H34F5N7O3. The number of fused-ring (bicyclic) bond motifs is 6. The van der Waals surface area contributed by atoms with E-state index in [1.807, 2.05) is 14.0 Å². The second-order valence-corrected chi connectivity index (χ2v) is 13.4. The molecule has 10 nitrogen and oxygen atoms in total. The summed E-state index contributed by atoms with van der Waals surface area (Å²) in [5, 5.41) is 3.76. The highest BCUT2D eigenvalue weighted by Crippen LogP contribution is 2.48. The van der Waals surface area contributed by atoms with Crippen LogP contribution in [0.4, 0.5) is 33.5 Å². The number of nitrogens with two attached hydrogens (primary N) is 1. The SMILES string of the molecule is Cc1c(F)c(N)cc(-c2nc3c4c(nc(OCC56CCN(C)C5COC6)nc4c2F)N2C[C@H]4CC[C@H](N4)[C@H]2[C@H](C)O3)c1C(F)(F)F. The number of nitrogens with zero attached hydrogens (tertiary/aromatic N) is 5. The zero-order valence-electron chi connectivity index (χ0n) is 25.5. The molecule has 0 spiro atoms. The van der Waals surface area contributed by atoms with Crippen molar-refractivity contribution in [2.45, 2.75) is 69.6 Å². The van der Waals surface area contributed by atoms with Gasteiger partial charge in [0.25, 0.3) is 0 Å². The summed E-state index contributed by atoms with van der Waals surface area (Å²) in [4.78, 5) is 17.9. The number of halogens is 5. The van der Waals surface area contributed by atoms with Gasteiger partial charge in [-0.15, -0.1) is 0 Å². The number of pyridine rings is 1. The molecule has 3 aromatic rings. The number of nitrogen functional groups attached to an aromatic ring is 1. The van der Waals surface area contributed by atoms with Crippen molar-refractivity contribution >= 4 is 22.4 Å². The molecule has 2 bridgehead atoms. The lowest BCUT2D eigenvalue weighted by atomic mass is 9.84. The first kappa shape index (κ1) is 29.8. The average molecular weight is 648 g/mol. The normalized spacial score (nSPS) is 30.3. The van der Waals surface area contributed by atoms with Crippen molar-refractivity contribution in [1.29, 1.82) is 0 Å². The topological polar surface area (TPSA) is 111 Å². The van der Waals surface area contributed by atoms with Gasteiger partial charge in [0.1, 0.15) is 40.9 Å². The number of hydrogen-bond acceptors (Lipinski definition) is 10. The number of nitrogens with one attached hydrogen (secondary N) is 1. The number of likely N-dealkylation sites (N-methyl/N-ethyl adjacent to an activating group) is 1. The van der Waals surface area contributed by atoms with Crippen molar-refractivity contribution < 1.29 is 36.2 Å². The molecule has 46 heavy (non-hydrogen) atoms. The highest BCUT2D eigenvalue weighted by molar-refractivity contribution is 5.97. The lowest BCUT2D eigenvalue weighted by Gasteiger charge is -2.42. The Labute approximate surface area is 261 Å². The Morgan fingerprint density at radius 3 is 2.76 bits per heavy atom. The monoisotopic (exact) mass is 647 g/mol. The number of benzene rings is 1. The minimum Gasteiger partial charge on any atom is -0.472 e. The zero-order valence-corrected chi connectivity index (χ0v) is 25.5. The number of hydrogen-bond donors (Lipinski definition) is 2. The molecule has 3 N–H and O–H groups in total. The number of rotatable bonds is 4. The second-order valence-electron chi connectivity index (χ2n) is 13.4. The molecule has 4 saturated heterocycles. The average Bonchev–Trinajstić information content (AvgIpc) is 3.67. The predicted octanol–water partition coefficient (Wildman–Crippen LogP) is 4.07. The van der Waals surface area contributed by atoms with E-state index < -0.39 is 52.0 Å². The van der Waals surface area contributed by atoms with Crippen LogP contribution in [0.3, 0.4) is 0 Å². The summed E-state index contributed by atoms with van der Waals surface area (Å²) in [7, 11) is 2.03. The summed E-state index contributed by atoms with van der Waals surface area (Å²) in [5.41, 5.74) is 1.07. The minimum absolute atomic E-state index is 0.0439. The van der Waals surface area contributed by atoms with E-state index in [-0.39, 0.29) is 59.0 Å². The number of alkyl halides is 3. The first-order valence-corrected chi connectivity index (χ1v) is 15.5. The van der Waals surface area contributed by atoms with Crippen molar-refractivity contribution in [3.8, 4) is 23.1 Å². The molecule has 8 rings (SSSR count).